The van der Waals surface area contributed by atoms with Gasteiger partial charge in [0.05, 0.1) is 6.04 Å². The fourth-order valence-corrected chi connectivity index (χ4v) is 1.95. The Morgan fingerprint density at radius 2 is 1.92 bits per heavy atom. The average molecular weight is 184 g/mol. The molecule has 13 heavy (non-hydrogen) atoms. The molecule has 0 saturated heterocycles. The topological polar surface area (TPSA) is 55.1 Å². The van der Waals surface area contributed by atoms with Gasteiger partial charge in [0, 0.05) is 6.04 Å². The third-order valence-electron chi connectivity index (χ3n) is 2.74. The second-order valence-corrected chi connectivity index (χ2v) is 4.27. The van der Waals surface area contributed by atoms with Crippen LogP contribution in [0.3, 0.4) is 0 Å². The summed E-state index contributed by atoms with van der Waals surface area (Å²) in [6.07, 6.45) is 4.94. The summed E-state index contributed by atoms with van der Waals surface area (Å²) in [7, 11) is 0. The molecule has 0 spiro atoms. The van der Waals surface area contributed by atoms with Gasteiger partial charge in [-0.3, -0.25) is 4.79 Å². The highest BCUT2D eigenvalue weighted by Crippen LogP contribution is 2.19. The molecule has 1 aliphatic carbocycles. The molecule has 1 amide bonds. The Morgan fingerprint density at radius 3 is 2.31 bits per heavy atom. The van der Waals surface area contributed by atoms with Gasteiger partial charge >= 0.3 is 0 Å². The molecule has 3 heteroatoms. The minimum absolute atomic E-state index is 0.150. The first kappa shape index (κ1) is 10.5. The van der Waals surface area contributed by atoms with Crippen LogP contribution in [0.15, 0.2) is 0 Å². The summed E-state index contributed by atoms with van der Waals surface area (Å²) >= 11 is 0. The summed E-state index contributed by atoms with van der Waals surface area (Å²) in [5, 5.41) is 3.34. The molecule has 0 aromatic rings. The van der Waals surface area contributed by atoms with Gasteiger partial charge in [-0.1, -0.05) is 26.7 Å². The number of hydrogen-bond donors (Lipinski definition) is 2. The Bertz CT molecular complexity index is 174. The lowest BCUT2D eigenvalue weighted by atomic mass is 10.0. The molecule has 1 aliphatic rings. The first-order chi connectivity index (χ1) is 6.11. The number of hydrogen-bond acceptors (Lipinski definition) is 2. The molecule has 0 aliphatic heterocycles. The quantitative estimate of drug-likeness (QED) is 0.685. The fourth-order valence-electron chi connectivity index (χ4n) is 1.95. The zero-order chi connectivity index (χ0) is 9.84. The van der Waals surface area contributed by atoms with Crippen LogP contribution in [-0.4, -0.2) is 18.0 Å². The van der Waals surface area contributed by atoms with Gasteiger partial charge in [0.15, 0.2) is 0 Å². The molecule has 0 aromatic carbocycles. The van der Waals surface area contributed by atoms with E-state index < -0.39 is 0 Å². The Hall–Kier alpha value is -0.570. The molecule has 3 N–H and O–H groups in total. The van der Waals surface area contributed by atoms with Crippen molar-refractivity contribution in [3.8, 4) is 0 Å². The molecule has 0 radical (unpaired) electrons. The van der Waals surface area contributed by atoms with Crippen molar-refractivity contribution in [2.45, 2.75) is 51.6 Å². The molecule has 0 heterocycles. The summed E-state index contributed by atoms with van der Waals surface area (Å²) in [6.45, 7) is 4.05. The third-order valence-corrected chi connectivity index (χ3v) is 2.74. The standard InChI is InChI=1S/C10H20N2O/c1-7(2)9(10(11)13)12-8-5-3-4-6-8/h7-9,12H,3-6H2,1-2H3,(H2,11,13). The fraction of sp³-hybridized carbons (Fsp3) is 0.900. The minimum atomic E-state index is -0.220. The first-order valence-electron chi connectivity index (χ1n) is 5.16. The maximum Gasteiger partial charge on any atom is 0.234 e. The molecule has 3 nitrogen and oxygen atoms in total. The van der Waals surface area contributed by atoms with Crippen molar-refractivity contribution in [1.29, 1.82) is 0 Å². The summed E-state index contributed by atoms with van der Waals surface area (Å²) in [5.74, 6) is 0.0694. The predicted octanol–water partition coefficient (Wildman–Crippen LogP) is 1.03. The van der Waals surface area contributed by atoms with Crippen molar-refractivity contribution >= 4 is 5.91 Å². The molecule has 1 saturated carbocycles. The summed E-state index contributed by atoms with van der Waals surface area (Å²) in [4.78, 5) is 11.1. The van der Waals surface area contributed by atoms with Crippen LogP contribution >= 0.6 is 0 Å². The van der Waals surface area contributed by atoms with E-state index in [1.807, 2.05) is 13.8 Å². The second-order valence-electron chi connectivity index (χ2n) is 4.27. The van der Waals surface area contributed by atoms with Gasteiger partial charge in [0.2, 0.25) is 5.91 Å². The normalized spacial score (nSPS) is 20.8. The SMILES string of the molecule is CC(C)C(NC1CCCC1)C(N)=O. The van der Waals surface area contributed by atoms with Crippen LogP contribution in [-0.2, 0) is 4.79 Å². The van der Waals surface area contributed by atoms with E-state index >= 15 is 0 Å². The number of primary amides is 1. The van der Waals surface area contributed by atoms with Crippen molar-refractivity contribution in [2.24, 2.45) is 11.7 Å². The molecule has 1 rings (SSSR count). The lowest BCUT2D eigenvalue weighted by molar-refractivity contribution is -0.121. The number of carbonyl (C=O) groups is 1. The zero-order valence-electron chi connectivity index (χ0n) is 8.55. The number of nitrogens with one attached hydrogen (secondary N) is 1. The van der Waals surface area contributed by atoms with E-state index in [1.54, 1.807) is 0 Å². The van der Waals surface area contributed by atoms with Gasteiger partial charge in [-0.05, 0) is 18.8 Å². The van der Waals surface area contributed by atoms with Crippen LogP contribution in [0.1, 0.15) is 39.5 Å². The Morgan fingerprint density at radius 1 is 1.38 bits per heavy atom. The Kier molecular flexibility index (Phi) is 3.72. The monoisotopic (exact) mass is 184 g/mol. The van der Waals surface area contributed by atoms with Gasteiger partial charge in [-0.15, -0.1) is 0 Å². The summed E-state index contributed by atoms with van der Waals surface area (Å²) in [6, 6.07) is 0.364. The highest BCUT2D eigenvalue weighted by Gasteiger charge is 2.24. The minimum Gasteiger partial charge on any atom is -0.368 e. The van der Waals surface area contributed by atoms with Crippen molar-refractivity contribution in [3.05, 3.63) is 0 Å². The predicted molar refractivity (Wildman–Crippen MR) is 53.2 cm³/mol. The molecule has 76 valence electrons. The van der Waals surface area contributed by atoms with Gasteiger partial charge in [-0.25, -0.2) is 0 Å². The Balaban J connectivity index is 2.41. The Labute approximate surface area is 80.1 Å². The van der Waals surface area contributed by atoms with Crippen molar-refractivity contribution in [2.75, 3.05) is 0 Å². The average Bonchev–Trinajstić information content (AvgIpc) is 2.50. The van der Waals surface area contributed by atoms with Crippen LogP contribution in [0, 0.1) is 5.92 Å². The molecule has 1 fully saturated rings. The number of carbonyl (C=O) groups excluding carboxylic acids is 1. The first-order valence-corrected chi connectivity index (χ1v) is 5.16. The third kappa shape index (κ3) is 2.99. The molecule has 0 bridgehead atoms. The van der Waals surface area contributed by atoms with E-state index in [2.05, 4.69) is 5.32 Å². The number of nitrogens with two attached hydrogens (primary N) is 1. The molecular formula is C10H20N2O. The number of amides is 1. The van der Waals surface area contributed by atoms with Crippen LogP contribution in [0.2, 0.25) is 0 Å². The number of rotatable bonds is 4. The van der Waals surface area contributed by atoms with Crippen LogP contribution < -0.4 is 11.1 Å². The largest absolute Gasteiger partial charge is 0.368 e. The maximum absolute atomic E-state index is 11.1. The maximum atomic E-state index is 11.1. The lowest BCUT2D eigenvalue weighted by Crippen LogP contribution is -2.48. The van der Waals surface area contributed by atoms with Crippen LogP contribution in [0.4, 0.5) is 0 Å². The van der Waals surface area contributed by atoms with Gasteiger partial charge in [0.25, 0.3) is 0 Å². The molecule has 0 aromatic heterocycles. The van der Waals surface area contributed by atoms with Crippen molar-refractivity contribution in [1.82, 2.24) is 5.32 Å². The highest BCUT2D eigenvalue weighted by atomic mass is 16.1. The van der Waals surface area contributed by atoms with Gasteiger partial charge < -0.3 is 11.1 Å². The molecular weight excluding hydrogens is 164 g/mol. The zero-order valence-corrected chi connectivity index (χ0v) is 8.55. The lowest BCUT2D eigenvalue weighted by Gasteiger charge is -2.23. The van der Waals surface area contributed by atoms with Crippen molar-refractivity contribution in [3.63, 3.8) is 0 Å². The summed E-state index contributed by atoms with van der Waals surface area (Å²) in [5.41, 5.74) is 5.31. The van der Waals surface area contributed by atoms with Gasteiger partial charge in [-0.2, -0.15) is 0 Å². The van der Waals surface area contributed by atoms with E-state index in [0.717, 1.165) is 0 Å². The van der Waals surface area contributed by atoms with E-state index in [-0.39, 0.29) is 17.9 Å². The van der Waals surface area contributed by atoms with E-state index in [1.165, 1.54) is 25.7 Å². The second kappa shape index (κ2) is 4.61. The molecule has 1 atom stereocenters. The summed E-state index contributed by atoms with van der Waals surface area (Å²) < 4.78 is 0. The van der Waals surface area contributed by atoms with Gasteiger partial charge in [0.1, 0.15) is 0 Å². The van der Waals surface area contributed by atoms with Crippen LogP contribution in [0.5, 0.6) is 0 Å². The van der Waals surface area contributed by atoms with Crippen molar-refractivity contribution < 1.29 is 4.79 Å². The van der Waals surface area contributed by atoms with Crippen LogP contribution in [0.25, 0.3) is 0 Å². The molecule has 1 unspecified atom stereocenters. The van der Waals surface area contributed by atoms with E-state index in [9.17, 15) is 4.79 Å². The highest BCUT2D eigenvalue weighted by molar-refractivity contribution is 5.80. The smallest absolute Gasteiger partial charge is 0.234 e. The van der Waals surface area contributed by atoms with E-state index in [0.29, 0.717) is 6.04 Å². The van der Waals surface area contributed by atoms with E-state index in [4.69, 9.17) is 5.73 Å².